The molecule has 0 bridgehead atoms. The molecule has 0 aliphatic heterocycles. The molecule has 5 heteroatoms. The average Bonchev–Trinajstić information content (AvgIpc) is 2.55. The largest absolute Gasteiger partial charge is 0.463 e. The van der Waals surface area contributed by atoms with Crippen molar-refractivity contribution in [3.05, 3.63) is 77.4 Å². The molecule has 0 aliphatic carbocycles. The van der Waals surface area contributed by atoms with Gasteiger partial charge in [0.25, 0.3) is 0 Å². The first kappa shape index (κ1) is 17.8. The third kappa shape index (κ3) is 4.98. The Morgan fingerprint density at radius 3 is 2.21 bits per heavy atom. The third-order valence-corrected chi connectivity index (χ3v) is 3.40. The summed E-state index contributed by atoms with van der Waals surface area (Å²) in [6.07, 6.45) is -2.64. The van der Waals surface area contributed by atoms with E-state index in [1.54, 1.807) is 6.92 Å². The second-order valence-electron chi connectivity index (χ2n) is 5.16. The van der Waals surface area contributed by atoms with Gasteiger partial charge in [0.2, 0.25) is 0 Å². The van der Waals surface area contributed by atoms with E-state index in [-0.39, 0.29) is 6.61 Å². The van der Waals surface area contributed by atoms with Gasteiger partial charge in [-0.05, 0) is 42.2 Å². The average molecular weight is 334 g/mol. The summed E-state index contributed by atoms with van der Waals surface area (Å²) in [5, 5.41) is 0. The molecule has 126 valence electrons. The first-order chi connectivity index (χ1) is 11.4. The van der Waals surface area contributed by atoms with E-state index in [0.29, 0.717) is 17.6 Å². The first-order valence-electron chi connectivity index (χ1n) is 7.49. The lowest BCUT2D eigenvalue weighted by molar-refractivity contribution is -0.138. The second kappa shape index (κ2) is 7.81. The number of carbonyl (C=O) groups excluding carboxylic acids is 1. The van der Waals surface area contributed by atoms with E-state index in [4.69, 9.17) is 4.74 Å². The Labute approximate surface area is 138 Å². The van der Waals surface area contributed by atoms with Crippen LogP contribution in [0.3, 0.4) is 0 Å². The van der Waals surface area contributed by atoms with Crippen molar-refractivity contribution in [1.29, 1.82) is 0 Å². The normalized spacial score (nSPS) is 12.1. The molecular formula is C19H17F3O2. The fourth-order valence-corrected chi connectivity index (χ4v) is 2.25. The van der Waals surface area contributed by atoms with Crippen LogP contribution in [0.2, 0.25) is 0 Å². The maximum absolute atomic E-state index is 12.6. The van der Waals surface area contributed by atoms with E-state index in [0.717, 1.165) is 17.7 Å². The summed E-state index contributed by atoms with van der Waals surface area (Å²) in [5.41, 5.74) is 1.50. The lowest BCUT2D eigenvalue weighted by atomic mass is 9.97. The molecule has 0 fully saturated rings. The Balaban J connectivity index is 2.27. The van der Waals surface area contributed by atoms with Gasteiger partial charge >= 0.3 is 12.1 Å². The minimum Gasteiger partial charge on any atom is -0.463 e. The van der Waals surface area contributed by atoms with Crippen molar-refractivity contribution in [3.8, 4) is 0 Å². The summed E-state index contributed by atoms with van der Waals surface area (Å²) in [7, 11) is 0. The summed E-state index contributed by atoms with van der Waals surface area (Å²) in [5.74, 6) is -0.469. The molecule has 0 aromatic heterocycles. The van der Waals surface area contributed by atoms with Crippen molar-refractivity contribution in [2.75, 3.05) is 6.61 Å². The van der Waals surface area contributed by atoms with Gasteiger partial charge in [0.1, 0.15) is 0 Å². The fraction of sp³-hybridized carbons (Fsp3) is 0.211. The molecule has 0 spiro atoms. The van der Waals surface area contributed by atoms with Gasteiger partial charge in [-0.2, -0.15) is 13.2 Å². The van der Waals surface area contributed by atoms with Crippen molar-refractivity contribution < 1.29 is 22.7 Å². The minimum absolute atomic E-state index is 0.262. The number of hydrogen-bond acceptors (Lipinski definition) is 2. The van der Waals surface area contributed by atoms with Gasteiger partial charge in [0.05, 0.1) is 12.2 Å². The predicted molar refractivity (Wildman–Crippen MR) is 86.2 cm³/mol. The van der Waals surface area contributed by atoms with E-state index in [1.807, 2.05) is 30.3 Å². The van der Waals surface area contributed by atoms with Gasteiger partial charge in [-0.1, -0.05) is 42.5 Å². The first-order valence-corrected chi connectivity index (χ1v) is 7.49. The molecule has 0 saturated carbocycles. The molecule has 0 amide bonds. The van der Waals surface area contributed by atoms with Gasteiger partial charge in [-0.3, -0.25) is 0 Å². The molecular weight excluding hydrogens is 317 g/mol. The SMILES string of the molecule is CCOC(=O)C=C(Cc1ccc(C(F)(F)F)cc1)c1ccccc1. The molecule has 0 radical (unpaired) electrons. The molecule has 2 aromatic rings. The van der Waals surface area contributed by atoms with Crippen LogP contribution in [0.4, 0.5) is 13.2 Å². The van der Waals surface area contributed by atoms with E-state index < -0.39 is 17.7 Å². The van der Waals surface area contributed by atoms with Gasteiger partial charge in [-0.15, -0.1) is 0 Å². The number of allylic oxidation sites excluding steroid dienone is 1. The molecule has 2 aromatic carbocycles. The lowest BCUT2D eigenvalue weighted by Gasteiger charge is -2.10. The van der Waals surface area contributed by atoms with Crippen LogP contribution >= 0.6 is 0 Å². The highest BCUT2D eigenvalue weighted by atomic mass is 19.4. The summed E-state index contributed by atoms with van der Waals surface area (Å²) < 4.78 is 42.8. The van der Waals surface area contributed by atoms with Crippen LogP contribution in [0.25, 0.3) is 5.57 Å². The predicted octanol–water partition coefficient (Wildman–Crippen LogP) is 4.89. The number of halogens is 3. The Morgan fingerprint density at radius 2 is 1.67 bits per heavy atom. The van der Waals surface area contributed by atoms with Crippen LogP contribution in [-0.2, 0) is 22.1 Å². The minimum atomic E-state index is -4.36. The molecule has 0 aliphatic rings. The highest BCUT2D eigenvalue weighted by Gasteiger charge is 2.29. The van der Waals surface area contributed by atoms with Gasteiger partial charge in [0.15, 0.2) is 0 Å². The fourth-order valence-electron chi connectivity index (χ4n) is 2.25. The van der Waals surface area contributed by atoms with Crippen LogP contribution < -0.4 is 0 Å². The molecule has 0 atom stereocenters. The number of hydrogen-bond donors (Lipinski definition) is 0. The van der Waals surface area contributed by atoms with E-state index in [9.17, 15) is 18.0 Å². The van der Waals surface area contributed by atoms with Crippen molar-refractivity contribution in [1.82, 2.24) is 0 Å². The molecule has 24 heavy (non-hydrogen) atoms. The zero-order valence-electron chi connectivity index (χ0n) is 13.1. The third-order valence-electron chi connectivity index (χ3n) is 3.40. The summed E-state index contributed by atoms with van der Waals surface area (Å²) in [6.45, 7) is 1.97. The summed E-state index contributed by atoms with van der Waals surface area (Å²) in [6, 6.07) is 14.1. The van der Waals surface area contributed by atoms with Crippen LogP contribution in [0.5, 0.6) is 0 Å². The van der Waals surface area contributed by atoms with Crippen molar-refractivity contribution in [2.45, 2.75) is 19.5 Å². The number of esters is 1. The molecule has 0 unspecified atom stereocenters. The molecule has 0 saturated heterocycles. The zero-order valence-corrected chi connectivity index (χ0v) is 13.1. The maximum Gasteiger partial charge on any atom is 0.416 e. The van der Waals surface area contributed by atoms with Crippen LogP contribution in [0, 0.1) is 0 Å². The highest BCUT2D eigenvalue weighted by Crippen LogP contribution is 2.30. The maximum atomic E-state index is 12.6. The van der Waals surface area contributed by atoms with E-state index in [1.165, 1.54) is 18.2 Å². The molecule has 2 nitrogen and oxygen atoms in total. The summed E-state index contributed by atoms with van der Waals surface area (Å²) >= 11 is 0. The van der Waals surface area contributed by atoms with Gasteiger partial charge < -0.3 is 4.74 Å². The molecule has 0 N–H and O–H groups in total. The smallest absolute Gasteiger partial charge is 0.416 e. The summed E-state index contributed by atoms with van der Waals surface area (Å²) in [4.78, 5) is 11.8. The van der Waals surface area contributed by atoms with Crippen molar-refractivity contribution in [2.24, 2.45) is 0 Å². The van der Waals surface area contributed by atoms with Crippen molar-refractivity contribution >= 4 is 11.5 Å². The lowest BCUT2D eigenvalue weighted by Crippen LogP contribution is -2.05. The zero-order chi connectivity index (χ0) is 17.6. The van der Waals surface area contributed by atoms with E-state index >= 15 is 0 Å². The number of ether oxygens (including phenoxy) is 1. The number of carbonyl (C=O) groups is 1. The quantitative estimate of drug-likeness (QED) is 0.574. The van der Waals surface area contributed by atoms with Crippen molar-refractivity contribution in [3.63, 3.8) is 0 Å². The monoisotopic (exact) mass is 334 g/mol. The standard InChI is InChI=1S/C19H17F3O2/c1-2-24-18(23)13-16(15-6-4-3-5-7-15)12-14-8-10-17(11-9-14)19(20,21)22/h3-11,13H,2,12H2,1H3. The Kier molecular flexibility index (Phi) is 5.79. The highest BCUT2D eigenvalue weighted by molar-refractivity contribution is 5.91. The van der Waals surface area contributed by atoms with Gasteiger partial charge in [0, 0.05) is 6.08 Å². The number of alkyl halides is 3. The second-order valence-corrected chi connectivity index (χ2v) is 5.16. The topological polar surface area (TPSA) is 26.3 Å². The van der Waals surface area contributed by atoms with Gasteiger partial charge in [-0.25, -0.2) is 4.79 Å². The molecule has 0 heterocycles. The number of rotatable bonds is 5. The Bertz CT molecular complexity index is 702. The Morgan fingerprint density at radius 1 is 1.04 bits per heavy atom. The van der Waals surface area contributed by atoms with Crippen LogP contribution in [0.1, 0.15) is 23.6 Å². The van der Waals surface area contributed by atoms with Crippen LogP contribution in [-0.4, -0.2) is 12.6 Å². The van der Waals surface area contributed by atoms with Crippen LogP contribution in [0.15, 0.2) is 60.7 Å². The Hall–Kier alpha value is -2.56. The van der Waals surface area contributed by atoms with E-state index in [2.05, 4.69) is 0 Å². The molecule has 2 rings (SSSR count). The number of benzene rings is 2.